The van der Waals surface area contributed by atoms with Crippen LogP contribution in [-0.4, -0.2) is 40.7 Å². The summed E-state index contributed by atoms with van der Waals surface area (Å²) in [5.41, 5.74) is 0.410. The highest BCUT2D eigenvalue weighted by Gasteiger charge is 2.23. The fraction of sp³-hybridized carbons (Fsp3) is 0.130. The van der Waals surface area contributed by atoms with Crippen molar-refractivity contribution in [1.29, 1.82) is 0 Å². The van der Waals surface area contributed by atoms with Gasteiger partial charge in [0, 0.05) is 23.9 Å². The van der Waals surface area contributed by atoms with Crippen molar-refractivity contribution >= 4 is 38.7 Å². The van der Waals surface area contributed by atoms with E-state index >= 15 is 4.39 Å². The molecule has 8 nitrogen and oxygen atoms in total. The molecule has 0 saturated heterocycles. The van der Waals surface area contributed by atoms with Gasteiger partial charge in [-0.1, -0.05) is 17.4 Å². The summed E-state index contributed by atoms with van der Waals surface area (Å²) in [5.74, 6) is -2.50. The van der Waals surface area contributed by atoms with E-state index in [4.69, 9.17) is 4.74 Å². The number of carboxylic acid groups (broad SMARTS) is 1. The second-order valence-corrected chi connectivity index (χ2v) is 8.02. The first-order valence-electron chi connectivity index (χ1n) is 10.0. The van der Waals surface area contributed by atoms with Gasteiger partial charge in [0.15, 0.2) is 10.9 Å². The predicted molar refractivity (Wildman–Crippen MR) is 124 cm³/mol. The van der Waals surface area contributed by atoms with Crippen LogP contribution in [0.15, 0.2) is 42.6 Å². The number of thiazole rings is 1. The topological polar surface area (TPSA) is 113 Å². The zero-order valence-electron chi connectivity index (χ0n) is 18.0. The number of hydrogen-bond acceptors (Lipinski definition) is 6. The van der Waals surface area contributed by atoms with Crippen LogP contribution in [0.5, 0.6) is 5.75 Å². The molecule has 0 atom stereocenters. The Kier molecular flexibility index (Phi) is 6.37. The normalized spacial score (nSPS) is 10.8. The number of halogens is 2. The molecule has 3 N–H and O–H groups in total. The van der Waals surface area contributed by atoms with Crippen molar-refractivity contribution < 1.29 is 28.2 Å². The number of aromatic carboxylic acids is 1. The first kappa shape index (κ1) is 23.1. The van der Waals surface area contributed by atoms with E-state index < -0.39 is 23.6 Å². The molecule has 0 radical (unpaired) electrons. The number of amides is 2. The number of methoxy groups -OCH3 is 1. The van der Waals surface area contributed by atoms with E-state index in [0.29, 0.717) is 16.8 Å². The number of nitrogens with zero attached hydrogens (tertiary/aromatic N) is 2. The number of benzene rings is 2. The van der Waals surface area contributed by atoms with E-state index in [1.807, 2.05) is 0 Å². The molecular formula is C23H18F2N4O4S. The third-order valence-electron chi connectivity index (χ3n) is 4.92. The smallest absolute Gasteiger partial charge is 0.339 e. The third kappa shape index (κ3) is 4.25. The molecule has 0 bridgehead atoms. The Morgan fingerprint density at radius 1 is 1.18 bits per heavy atom. The molecule has 0 aliphatic heterocycles. The molecule has 2 aromatic heterocycles. The number of aromatic nitrogens is 2. The molecule has 2 heterocycles. The van der Waals surface area contributed by atoms with Gasteiger partial charge in [-0.3, -0.25) is 10.3 Å². The molecule has 11 heteroatoms. The Morgan fingerprint density at radius 2 is 1.97 bits per heavy atom. The number of ether oxygens (including phenoxy) is 1. The highest BCUT2D eigenvalue weighted by molar-refractivity contribution is 7.22. The van der Waals surface area contributed by atoms with Gasteiger partial charge in [0.1, 0.15) is 28.3 Å². The number of rotatable bonds is 6. The molecule has 174 valence electrons. The van der Waals surface area contributed by atoms with Gasteiger partial charge in [-0.15, -0.1) is 0 Å². The highest BCUT2D eigenvalue weighted by Crippen LogP contribution is 2.41. The average Bonchev–Trinajstić information content (AvgIpc) is 3.23. The maximum atomic E-state index is 15.7. The maximum absolute atomic E-state index is 15.7. The summed E-state index contributed by atoms with van der Waals surface area (Å²) in [6, 6.07) is 7.68. The number of carboxylic acids is 1. The first-order chi connectivity index (χ1) is 16.3. The fourth-order valence-electron chi connectivity index (χ4n) is 3.41. The second-order valence-electron chi connectivity index (χ2n) is 7.02. The largest absolute Gasteiger partial charge is 0.496 e. The average molecular weight is 484 g/mol. The van der Waals surface area contributed by atoms with Gasteiger partial charge < -0.3 is 15.2 Å². The van der Waals surface area contributed by atoms with Crippen LogP contribution in [0.2, 0.25) is 0 Å². The maximum Gasteiger partial charge on any atom is 0.339 e. The van der Waals surface area contributed by atoms with E-state index in [-0.39, 0.29) is 38.8 Å². The minimum absolute atomic E-state index is 0.0175. The van der Waals surface area contributed by atoms with Crippen LogP contribution in [0.4, 0.5) is 18.7 Å². The van der Waals surface area contributed by atoms with E-state index in [2.05, 4.69) is 20.6 Å². The summed E-state index contributed by atoms with van der Waals surface area (Å²) in [6.07, 6.45) is 1.41. The minimum atomic E-state index is -1.20. The Bertz CT molecular complexity index is 1420. The van der Waals surface area contributed by atoms with Crippen molar-refractivity contribution in [2.24, 2.45) is 0 Å². The van der Waals surface area contributed by atoms with E-state index in [0.717, 1.165) is 11.3 Å². The van der Waals surface area contributed by atoms with E-state index in [1.165, 1.54) is 49.7 Å². The first-order valence-corrected chi connectivity index (χ1v) is 10.9. The van der Waals surface area contributed by atoms with Gasteiger partial charge >= 0.3 is 12.0 Å². The van der Waals surface area contributed by atoms with Crippen molar-refractivity contribution in [2.45, 2.75) is 6.92 Å². The molecule has 0 aliphatic rings. The van der Waals surface area contributed by atoms with Crippen LogP contribution in [0.25, 0.3) is 32.6 Å². The lowest BCUT2D eigenvalue weighted by Crippen LogP contribution is -2.28. The van der Waals surface area contributed by atoms with Crippen molar-refractivity contribution in [3.05, 3.63) is 59.8 Å². The molecule has 0 saturated carbocycles. The van der Waals surface area contributed by atoms with Gasteiger partial charge in [0.05, 0.1) is 11.8 Å². The monoisotopic (exact) mass is 484 g/mol. The van der Waals surface area contributed by atoms with Crippen molar-refractivity contribution in [3.63, 3.8) is 0 Å². The third-order valence-corrected chi connectivity index (χ3v) is 5.92. The molecule has 4 aromatic rings. The van der Waals surface area contributed by atoms with Crippen molar-refractivity contribution in [3.8, 4) is 28.1 Å². The van der Waals surface area contributed by atoms with Crippen LogP contribution in [0.1, 0.15) is 17.3 Å². The summed E-state index contributed by atoms with van der Waals surface area (Å²) in [5, 5.41) is 14.6. The number of hydrogen-bond donors (Lipinski definition) is 3. The molecular weight excluding hydrogens is 466 g/mol. The SMILES string of the molecule is CCNC(=O)Nc1nc2c(F)c(-c3ccc(C(=O)O)c(OC)c3)cc(-c3ncccc3F)c2s1. The number of carbonyl (C=O) groups is 2. The van der Waals surface area contributed by atoms with Gasteiger partial charge in [-0.05, 0) is 42.8 Å². The molecule has 4 rings (SSSR count). The molecule has 0 aliphatic carbocycles. The minimum Gasteiger partial charge on any atom is -0.496 e. The zero-order valence-corrected chi connectivity index (χ0v) is 18.8. The second kappa shape index (κ2) is 9.40. The number of fused-ring (bicyclic) bond motifs is 1. The van der Waals surface area contributed by atoms with Crippen molar-refractivity contribution in [2.75, 3.05) is 19.0 Å². The summed E-state index contributed by atoms with van der Waals surface area (Å²) >= 11 is 0.982. The highest BCUT2D eigenvalue weighted by atomic mass is 32.1. The zero-order chi connectivity index (χ0) is 24.4. The van der Waals surface area contributed by atoms with Crippen LogP contribution in [0, 0.1) is 11.6 Å². The van der Waals surface area contributed by atoms with Crippen LogP contribution >= 0.6 is 11.3 Å². The summed E-state index contributed by atoms with van der Waals surface area (Å²) < 4.78 is 35.8. The van der Waals surface area contributed by atoms with Gasteiger partial charge in [0.2, 0.25) is 0 Å². The number of carbonyl (C=O) groups excluding carboxylic acids is 1. The van der Waals surface area contributed by atoms with Gasteiger partial charge in [-0.2, -0.15) is 0 Å². The Hall–Kier alpha value is -4.12. The summed E-state index contributed by atoms with van der Waals surface area (Å²) in [4.78, 5) is 31.7. The lowest BCUT2D eigenvalue weighted by molar-refractivity contribution is 0.0693. The van der Waals surface area contributed by atoms with Crippen LogP contribution < -0.4 is 15.4 Å². The molecule has 2 aromatic carbocycles. The van der Waals surface area contributed by atoms with Crippen molar-refractivity contribution in [1.82, 2.24) is 15.3 Å². The molecule has 0 fully saturated rings. The van der Waals surface area contributed by atoms with Gasteiger partial charge in [0.25, 0.3) is 0 Å². The summed E-state index contributed by atoms with van der Waals surface area (Å²) in [7, 11) is 1.31. The standard InChI is InChI=1S/C23H18F2N4O4S/c1-3-26-22(32)29-23-28-19-17(25)13(11-6-7-12(21(30)31)16(9-11)33-2)10-14(20(19)34-23)18-15(24)5-4-8-27-18/h4-10H,3H2,1-2H3,(H,30,31)(H2,26,28,29,32). The molecule has 0 spiro atoms. The van der Waals surface area contributed by atoms with E-state index in [1.54, 1.807) is 6.92 Å². The lowest BCUT2D eigenvalue weighted by atomic mass is 9.98. The Balaban J connectivity index is 1.97. The van der Waals surface area contributed by atoms with Crippen LogP contribution in [0.3, 0.4) is 0 Å². The molecule has 0 unspecified atom stereocenters. The quantitative estimate of drug-likeness (QED) is 0.349. The number of pyridine rings is 1. The molecule has 2 amide bonds. The fourth-order valence-corrected chi connectivity index (χ4v) is 4.38. The van der Waals surface area contributed by atoms with Gasteiger partial charge in [-0.25, -0.2) is 23.4 Å². The predicted octanol–water partition coefficient (Wildman–Crippen LogP) is 5.15. The van der Waals surface area contributed by atoms with Crippen LogP contribution in [-0.2, 0) is 0 Å². The number of urea groups is 1. The number of nitrogens with one attached hydrogen (secondary N) is 2. The van der Waals surface area contributed by atoms with E-state index in [9.17, 15) is 19.1 Å². The Labute approximate surface area is 196 Å². The molecule has 34 heavy (non-hydrogen) atoms. The summed E-state index contributed by atoms with van der Waals surface area (Å²) in [6.45, 7) is 2.13. The number of anilines is 1. The Morgan fingerprint density at radius 3 is 2.65 bits per heavy atom. The lowest BCUT2D eigenvalue weighted by Gasteiger charge is -2.12.